The summed E-state index contributed by atoms with van der Waals surface area (Å²) in [6.07, 6.45) is 0.0711. The van der Waals surface area contributed by atoms with Crippen LogP contribution in [0.5, 0.6) is 11.5 Å². The first kappa shape index (κ1) is 20.5. The molecule has 4 rings (SSSR count). The van der Waals surface area contributed by atoms with Gasteiger partial charge in [0, 0.05) is 16.7 Å². The third kappa shape index (κ3) is 4.37. The summed E-state index contributed by atoms with van der Waals surface area (Å²) in [5.74, 6) is -0.946. The Morgan fingerprint density at radius 1 is 1.16 bits per heavy atom. The Morgan fingerprint density at radius 2 is 1.94 bits per heavy atom. The van der Waals surface area contributed by atoms with Crippen LogP contribution in [0, 0.1) is 17.1 Å². The summed E-state index contributed by atoms with van der Waals surface area (Å²) >= 11 is 5.86. The lowest BCUT2D eigenvalue weighted by atomic mass is 9.83. The fourth-order valence-electron chi connectivity index (χ4n) is 3.46. The smallest absolute Gasteiger partial charge is 0.315 e. The predicted molar refractivity (Wildman–Crippen MR) is 113 cm³/mol. The molecule has 0 saturated carbocycles. The van der Waals surface area contributed by atoms with Crippen LogP contribution in [0.4, 0.5) is 4.39 Å². The number of hydrogen-bond donors (Lipinski definition) is 1. The van der Waals surface area contributed by atoms with Gasteiger partial charge in [-0.25, -0.2) is 4.39 Å². The van der Waals surface area contributed by atoms with Gasteiger partial charge in [-0.3, -0.25) is 4.79 Å². The number of ether oxygens (including phenoxy) is 2. The normalized spacial score (nSPS) is 14.9. The van der Waals surface area contributed by atoms with Gasteiger partial charge in [0.2, 0.25) is 5.88 Å². The standard InChI is InChI=1S/C24H16ClFN2O3/c25-16-6-4-14(5-7-16)10-22(29)30-18-8-9-19-21(12-18)31-24(28)20(13-27)23(19)15-2-1-3-17(26)11-15/h1-9,11-12,23H,10,28H2. The van der Waals surface area contributed by atoms with Gasteiger partial charge in [-0.1, -0.05) is 41.9 Å². The zero-order valence-corrected chi connectivity index (χ0v) is 16.9. The number of carbonyl (C=O) groups excluding carboxylic acids is 1. The Balaban J connectivity index is 1.61. The molecular weight excluding hydrogens is 419 g/mol. The first-order valence-electron chi connectivity index (χ1n) is 9.36. The quantitative estimate of drug-likeness (QED) is 0.469. The molecule has 1 atom stereocenters. The highest BCUT2D eigenvalue weighted by Crippen LogP contribution is 2.43. The summed E-state index contributed by atoms with van der Waals surface area (Å²) < 4.78 is 24.8. The van der Waals surface area contributed by atoms with Gasteiger partial charge >= 0.3 is 5.97 Å². The lowest BCUT2D eigenvalue weighted by Gasteiger charge is -2.26. The van der Waals surface area contributed by atoms with Crippen LogP contribution in [0.2, 0.25) is 5.02 Å². The lowest BCUT2D eigenvalue weighted by molar-refractivity contribution is -0.133. The molecule has 0 aromatic heterocycles. The van der Waals surface area contributed by atoms with Crippen LogP contribution in [0.1, 0.15) is 22.6 Å². The molecule has 31 heavy (non-hydrogen) atoms. The van der Waals surface area contributed by atoms with Crippen molar-refractivity contribution in [2.75, 3.05) is 0 Å². The van der Waals surface area contributed by atoms with Crippen molar-refractivity contribution >= 4 is 17.6 Å². The second-order valence-electron chi connectivity index (χ2n) is 6.96. The van der Waals surface area contributed by atoms with Crippen molar-refractivity contribution in [3.8, 4) is 17.6 Å². The van der Waals surface area contributed by atoms with Crippen molar-refractivity contribution < 1.29 is 18.7 Å². The van der Waals surface area contributed by atoms with Gasteiger partial charge in [0.05, 0.1) is 12.3 Å². The number of esters is 1. The monoisotopic (exact) mass is 434 g/mol. The Labute approximate surface area is 183 Å². The molecule has 5 nitrogen and oxygen atoms in total. The third-order valence-corrected chi connectivity index (χ3v) is 5.12. The average molecular weight is 435 g/mol. The number of fused-ring (bicyclic) bond motifs is 1. The minimum absolute atomic E-state index is 0.0711. The van der Waals surface area contributed by atoms with Gasteiger partial charge in [-0.15, -0.1) is 0 Å². The molecule has 7 heteroatoms. The summed E-state index contributed by atoms with van der Waals surface area (Å²) in [4.78, 5) is 12.3. The van der Waals surface area contributed by atoms with E-state index in [-0.39, 0.29) is 23.6 Å². The summed E-state index contributed by atoms with van der Waals surface area (Å²) in [6, 6.07) is 19.7. The van der Waals surface area contributed by atoms with Crippen LogP contribution in [0.3, 0.4) is 0 Å². The van der Waals surface area contributed by atoms with E-state index in [1.165, 1.54) is 18.2 Å². The third-order valence-electron chi connectivity index (χ3n) is 4.87. The molecule has 1 heterocycles. The SMILES string of the molecule is N#CC1=C(N)Oc2cc(OC(=O)Cc3ccc(Cl)cc3)ccc2C1c1cccc(F)c1. The van der Waals surface area contributed by atoms with Gasteiger partial charge in [0.15, 0.2) is 0 Å². The molecule has 1 aliphatic heterocycles. The van der Waals surface area contributed by atoms with E-state index in [1.54, 1.807) is 48.5 Å². The zero-order chi connectivity index (χ0) is 22.0. The van der Waals surface area contributed by atoms with Crippen LogP contribution < -0.4 is 15.2 Å². The number of halogens is 2. The van der Waals surface area contributed by atoms with Gasteiger partial charge in [-0.2, -0.15) is 5.26 Å². The van der Waals surface area contributed by atoms with Gasteiger partial charge < -0.3 is 15.2 Å². The van der Waals surface area contributed by atoms with Gasteiger partial charge in [-0.05, 0) is 41.5 Å². The maximum atomic E-state index is 13.8. The summed E-state index contributed by atoms with van der Waals surface area (Å²) in [6.45, 7) is 0. The molecule has 0 aliphatic carbocycles. The number of hydrogen-bond acceptors (Lipinski definition) is 5. The molecular formula is C24H16ClFN2O3. The molecule has 0 amide bonds. The van der Waals surface area contributed by atoms with E-state index >= 15 is 0 Å². The Bertz CT molecular complexity index is 1230. The molecule has 1 unspecified atom stereocenters. The molecule has 0 fully saturated rings. The van der Waals surface area contributed by atoms with Crippen molar-refractivity contribution in [1.29, 1.82) is 5.26 Å². The molecule has 0 radical (unpaired) electrons. The van der Waals surface area contributed by atoms with Gasteiger partial charge in [0.1, 0.15) is 29.0 Å². The average Bonchev–Trinajstić information content (AvgIpc) is 2.74. The number of rotatable bonds is 4. The molecule has 0 spiro atoms. The first-order valence-corrected chi connectivity index (χ1v) is 9.74. The van der Waals surface area contributed by atoms with Crippen LogP contribution in [0.25, 0.3) is 0 Å². The Kier molecular flexibility index (Phi) is 5.61. The number of nitriles is 1. The van der Waals surface area contributed by atoms with E-state index in [0.717, 1.165) is 5.56 Å². The van der Waals surface area contributed by atoms with Crippen LogP contribution in [-0.4, -0.2) is 5.97 Å². The van der Waals surface area contributed by atoms with Crippen molar-refractivity contribution in [3.63, 3.8) is 0 Å². The second kappa shape index (κ2) is 8.50. The van der Waals surface area contributed by atoms with E-state index in [1.807, 2.05) is 0 Å². The van der Waals surface area contributed by atoms with Crippen molar-refractivity contribution in [2.45, 2.75) is 12.3 Å². The fraction of sp³-hybridized carbons (Fsp3) is 0.0833. The molecule has 154 valence electrons. The van der Waals surface area contributed by atoms with E-state index in [9.17, 15) is 14.4 Å². The highest BCUT2D eigenvalue weighted by molar-refractivity contribution is 6.30. The number of benzene rings is 3. The van der Waals surface area contributed by atoms with Crippen molar-refractivity contribution in [3.05, 3.63) is 106 Å². The molecule has 3 aromatic rings. The van der Waals surface area contributed by atoms with Crippen LogP contribution >= 0.6 is 11.6 Å². The van der Waals surface area contributed by atoms with E-state index < -0.39 is 17.7 Å². The summed E-state index contributed by atoms with van der Waals surface area (Å²) in [5, 5.41) is 10.2. The minimum atomic E-state index is -0.594. The van der Waals surface area contributed by atoms with E-state index in [2.05, 4.69) is 6.07 Å². The maximum absolute atomic E-state index is 13.8. The largest absolute Gasteiger partial charge is 0.440 e. The summed E-state index contributed by atoms with van der Waals surface area (Å²) in [7, 11) is 0. The maximum Gasteiger partial charge on any atom is 0.315 e. The molecule has 3 aromatic carbocycles. The second-order valence-corrected chi connectivity index (χ2v) is 7.39. The Hall–Kier alpha value is -3.82. The highest BCUT2D eigenvalue weighted by Gasteiger charge is 2.31. The zero-order valence-electron chi connectivity index (χ0n) is 16.1. The number of allylic oxidation sites excluding steroid dienone is 1. The number of nitrogens with two attached hydrogens (primary N) is 1. The van der Waals surface area contributed by atoms with Crippen LogP contribution in [-0.2, 0) is 11.2 Å². The number of nitrogens with zero attached hydrogens (tertiary/aromatic N) is 1. The topological polar surface area (TPSA) is 85.3 Å². The Morgan fingerprint density at radius 3 is 2.65 bits per heavy atom. The molecule has 1 aliphatic rings. The molecule has 0 saturated heterocycles. The van der Waals surface area contributed by atoms with Crippen LogP contribution in [0.15, 0.2) is 78.2 Å². The summed E-state index contributed by atoms with van der Waals surface area (Å²) in [5.41, 5.74) is 8.09. The van der Waals surface area contributed by atoms with E-state index in [0.29, 0.717) is 21.9 Å². The first-order chi connectivity index (χ1) is 14.9. The molecule has 0 bridgehead atoms. The molecule has 2 N–H and O–H groups in total. The fourth-order valence-corrected chi connectivity index (χ4v) is 3.59. The minimum Gasteiger partial charge on any atom is -0.440 e. The van der Waals surface area contributed by atoms with Crippen molar-refractivity contribution in [2.24, 2.45) is 5.73 Å². The number of carbonyl (C=O) groups is 1. The predicted octanol–water partition coefficient (Wildman–Crippen LogP) is 4.85. The van der Waals surface area contributed by atoms with Gasteiger partial charge in [0.25, 0.3) is 0 Å². The lowest BCUT2D eigenvalue weighted by Crippen LogP contribution is -2.21. The van der Waals surface area contributed by atoms with E-state index in [4.69, 9.17) is 26.8 Å². The highest BCUT2D eigenvalue weighted by atomic mass is 35.5. The van der Waals surface area contributed by atoms with Crippen molar-refractivity contribution in [1.82, 2.24) is 0 Å².